The predicted octanol–water partition coefficient (Wildman–Crippen LogP) is 2.60. The van der Waals surface area contributed by atoms with Gasteiger partial charge in [-0.1, -0.05) is 26.0 Å². The number of hydrogen-bond acceptors (Lipinski definition) is 2. The molecule has 3 heteroatoms. The first-order chi connectivity index (χ1) is 7.98. The molecule has 2 aliphatic rings. The molecule has 1 aromatic rings. The lowest BCUT2D eigenvalue weighted by Gasteiger charge is -2.24. The SMILES string of the molecule is CC1C2CCc3nnn(C)c3CC(C)(C)CC12. The molecule has 1 saturated carbocycles. The number of aryl methyl sites for hydroxylation is 2. The fraction of sp³-hybridized carbons (Fsp3) is 0.857. The van der Waals surface area contributed by atoms with Crippen molar-refractivity contribution in [2.24, 2.45) is 30.2 Å². The van der Waals surface area contributed by atoms with Crippen LogP contribution in [0.4, 0.5) is 0 Å². The van der Waals surface area contributed by atoms with Gasteiger partial charge in [-0.25, -0.2) is 0 Å². The smallest absolute Gasteiger partial charge is 0.0859 e. The second-order valence-electron chi connectivity index (χ2n) is 6.88. The highest BCUT2D eigenvalue weighted by Crippen LogP contribution is 2.55. The highest BCUT2D eigenvalue weighted by atomic mass is 15.4. The Morgan fingerprint density at radius 1 is 1.29 bits per heavy atom. The molecule has 0 saturated heterocycles. The number of hydrogen-bond donors (Lipinski definition) is 0. The molecule has 3 atom stereocenters. The maximum atomic E-state index is 4.36. The summed E-state index contributed by atoms with van der Waals surface area (Å²) in [5.41, 5.74) is 3.01. The van der Waals surface area contributed by atoms with Crippen LogP contribution in [0.5, 0.6) is 0 Å². The Kier molecular flexibility index (Phi) is 2.36. The molecule has 0 amide bonds. The zero-order chi connectivity index (χ0) is 12.2. The standard InChI is InChI=1S/C14H23N3/c1-9-10-5-6-12-13(17(4)16-15-12)8-14(2,3)7-11(9)10/h9-11H,5-8H2,1-4H3. The van der Waals surface area contributed by atoms with E-state index in [0.29, 0.717) is 5.41 Å². The molecule has 17 heavy (non-hydrogen) atoms. The summed E-state index contributed by atoms with van der Waals surface area (Å²) in [6.45, 7) is 7.22. The minimum Gasteiger partial charge on any atom is -0.252 e. The van der Waals surface area contributed by atoms with Gasteiger partial charge < -0.3 is 0 Å². The number of aromatic nitrogens is 3. The third-order valence-electron chi connectivity index (χ3n) is 4.93. The molecule has 3 unspecified atom stereocenters. The maximum Gasteiger partial charge on any atom is 0.0859 e. The van der Waals surface area contributed by atoms with Crippen molar-refractivity contribution in [1.82, 2.24) is 15.0 Å². The quantitative estimate of drug-likeness (QED) is 0.689. The molecular weight excluding hydrogens is 210 g/mol. The minimum atomic E-state index is 0.391. The Labute approximate surface area is 104 Å². The van der Waals surface area contributed by atoms with Crippen molar-refractivity contribution in [2.45, 2.75) is 46.5 Å². The van der Waals surface area contributed by atoms with Crippen LogP contribution in [0.2, 0.25) is 0 Å². The van der Waals surface area contributed by atoms with Crippen molar-refractivity contribution in [3.8, 4) is 0 Å². The minimum absolute atomic E-state index is 0.391. The summed E-state index contributed by atoms with van der Waals surface area (Å²) in [7, 11) is 2.03. The molecule has 1 fully saturated rings. The van der Waals surface area contributed by atoms with Gasteiger partial charge in [0, 0.05) is 7.05 Å². The average Bonchev–Trinajstić information content (AvgIpc) is 2.67. The van der Waals surface area contributed by atoms with Crippen molar-refractivity contribution in [3.05, 3.63) is 11.4 Å². The normalized spacial score (nSPS) is 35.2. The van der Waals surface area contributed by atoms with Crippen molar-refractivity contribution in [3.63, 3.8) is 0 Å². The van der Waals surface area contributed by atoms with Gasteiger partial charge >= 0.3 is 0 Å². The summed E-state index contributed by atoms with van der Waals surface area (Å²) in [5, 5.41) is 8.56. The first-order valence-corrected chi connectivity index (χ1v) is 6.85. The van der Waals surface area contributed by atoms with Gasteiger partial charge in [0.1, 0.15) is 0 Å². The van der Waals surface area contributed by atoms with Crippen LogP contribution < -0.4 is 0 Å². The number of nitrogens with zero attached hydrogens (tertiary/aromatic N) is 3. The van der Waals surface area contributed by atoms with Crippen LogP contribution in [-0.2, 0) is 19.9 Å². The molecule has 0 radical (unpaired) electrons. The highest BCUT2D eigenvalue weighted by Gasteiger charge is 2.48. The zero-order valence-electron chi connectivity index (χ0n) is 11.4. The van der Waals surface area contributed by atoms with Crippen LogP contribution in [0.15, 0.2) is 0 Å². The van der Waals surface area contributed by atoms with Crippen molar-refractivity contribution in [1.29, 1.82) is 0 Å². The Morgan fingerprint density at radius 2 is 2.06 bits per heavy atom. The summed E-state index contributed by atoms with van der Waals surface area (Å²) < 4.78 is 1.98. The summed E-state index contributed by atoms with van der Waals surface area (Å²) in [6.07, 6.45) is 4.93. The van der Waals surface area contributed by atoms with Crippen molar-refractivity contribution < 1.29 is 0 Å². The predicted molar refractivity (Wildman–Crippen MR) is 67.6 cm³/mol. The number of rotatable bonds is 0. The third-order valence-corrected chi connectivity index (χ3v) is 4.93. The van der Waals surface area contributed by atoms with Crippen LogP contribution in [-0.4, -0.2) is 15.0 Å². The Hall–Kier alpha value is -0.860. The molecular formula is C14H23N3. The maximum absolute atomic E-state index is 4.36. The van der Waals surface area contributed by atoms with E-state index in [1.165, 1.54) is 24.2 Å². The monoisotopic (exact) mass is 233 g/mol. The van der Waals surface area contributed by atoms with Gasteiger partial charge in [-0.05, 0) is 48.9 Å². The van der Waals surface area contributed by atoms with Crippen LogP contribution in [0.3, 0.4) is 0 Å². The van der Waals surface area contributed by atoms with Crippen molar-refractivity contribution in [2.75, 3.05) is 0 Å². The van der Waals surface area contributed by atoms with E-state index in [0.717, 1.165) is 30.6 Å². The van der Waals surface area contributed by atoms with Gasteiger partial charge in [-0.15, -0.1) is 5.10 Å². The molecule has 0 aromatic carbocycles. The molecule has 0 bridgehead atoms. The molecule has 1 heterocycles. The molecule has 0 spiro atoms. The van der Waals surface area contributed by atoms with E-state index in [4.69, 9.17) is 0 Å². The lowest BCUT2D eigenvalue weighted by Crippen LogP contribution is -2.19. The van der Waals surface area contributed by atoms with Crippen LogP contribution in [0.25, 0.3) is 0 Å². The highest BCUT2D eigenvalue weighted by molar-refractivity contribution is 5.15. The fourth-order valence-electron chi connectivity index (χ4n) is 3.75. The van der Waals surface area contributed by atoms with Gasteiger partial charge in [0.2, 0.25) is 0 Å². The van der Waals surface area contributed by atoms with E-state index >= 15 is 0 Å². The largest absolute Gasteiger partial charge is 0.252 e. The van der Waals surface area contributed by atoms with E-state index in [1.54, 1.807) is 0 Å². The zero-order valence-corrected chi connectivity index (χ0v) is 11.4. The van der Waals surface area contributed by atoms with E-state index in [9.17, 15) is 0 Å². The lowest BCUT2D eigenvalue weighted by molar-refractivity contribution is 0.295. The second-order valence-corrected chi connectivity index (χ2v) is 6.88. The summed E-state index contributed by atoms with van der Waals surface area (Å²) in [6, 6.07) is 0. The Balaban J connectivity index is 1.92. The van der Waals surface area contributed by atoms with Gasteiger partial charge in [0.15, 0.2) is 0 Å². The number of fused-ring (bicyclic) bond motifs is 2. The molecule has 94 valence electrons. The second kappa shape index (κ2) is 3.56. The van der Waals surface area contributed by atoms with E-state index in [2.05, 4.69) is 31.1 Å². The molecule has 3 nitrogen and oxygen atoms in total. The van der Waals surface area contributed by atoms with Crippen LogP contribution in [0.1, 0.15) is 45.0 Å². The molecule has 1 aromatic heterocycles. The lowest BCUT2D eigenvalue weighted by atomic mass is 9.81. The molecule has 3 rings (SSSR count). The average molecular weight is 233 g/mol. The van der Waals surface area contributed by atoms with Gasteiger partial charge in [0.05, 0.1) is 11.4 Å². The Bertz CT molecular complexity index is 433. The van der Waals surface area contributed by atoms with Gasteiger partial charge in [0.25, 0.3) is 0 Å². The topological polar surface area (TPSA) is 30.7 Å². The summed E-state index contributed by atoms with van der Waals surface area (Å²) in [5.74, 6) is 2.85. The van der Waals surface area contributed by atoms with Crippen molar-refractivity contribution >= 4 is 0 Å². The van der Waals surface area contributed by atoms with Crippen LogP contribution in [0, 0.1) is 23.2 Å². The van der Waals surface area contributed by atoms with Gasteiger partial charge in [-0.2, -0.15) is 0 Å². The molecule has 0 N–H and O–H groups in total. The van der Waals surface area contributed by atoms with E-state index < -0.39 is 0 Å². The first kappa shape index (κ1) is 11.2. The van der Waals surface area contributed by atoms with E-state index in [1.807, 2.05) is 11.7 Å². The first-order valence-electron chi connectivity index (χ1n) is 6.85. The Morgan fingerprint density at radius 3 is 2.82 bits per heavy atom. The summed E-state index contributed by atoms with van der Waals surface area (Å²) >= 11 is 0. The fourth-order valence-corrected chi connectivity index (χ4v) is 3.75. The van der Waals surface area contributed by atoms with Gasteiger partial charge in [-0.3, -0.25) is 4.68 Å². The molecule has 0 aliphatic heterocycles. The summed E-state index contributed by atoms with van der Waals surface area (Å²) in [4.78, 5) is 0. The van der Waals surface area contributed by atoms with Crippen LogP contribution >= 0.6 is 0 Å². The van der Waals surface area contributed by atoms with E-state index in [-0.39, 0.29) is 0 Å². The molecule has 2 aliphatic carbocycles. The third kappa shape index (κ3) is 1.90.